The highest BCUT2D eigenvalue weighted by molar-refractivity contribution is 5.88. The molecule has 0 fully saturated rings. The molecular formula is C19H20FN5O2. The number of hydrogen-bond acceptors (Lipinski definition) is 4. The molecule has 0 saturated heterocycles. The van der Waals surface area contributed by atoms with Crippen LogP contribution < -0.4 is 5.32 Å². The Hall–Kier alpha value is -3.16. The number of carbonyl (C=O) groups is 1. The topological polar surface area (TPSA) is 87.0 Å². The number of aromatic nitrogens is 3. The third-order valence-corrected chi connectivity index (χ3v) is 4.61. The first kappa shape index (κ1) is 17.3. The van der Waals surface area contributed by atoms with Gasteiger partial charge < -0.3 is 9.42 Å². The standard InChI is InChI=1S/C19H20FN5O2/c1-19(2)8-15-12(9-21-23-15)10-25(11-19)18(26)22-17-7-16(27-24-17)13-5-3-4-6-14(13)20/h3-7,9H,8,10-11H2,1-2H3,(H,21,23)(H,22,24,26). The molecule has 0 radical (unpaired) electrons. The Morgan fingerprint density at radius 2 is 2.19 bits per heavy atom. The minimum atomic E-state index is -0.409. The lowest BCUT2D eigenvalue weighted by atomic mass is 9.88. The number of hydrogen-bond donors (Lipinski definition) is 2. The van der Waals surface area contributed by atoms with Crippen molar-refractivity contribution >= 4 is 11.8 Å². The number of H-pyrrole nitrogens is 1. The summed E-state index contributed by atoms with van der Waals surface area (Å²) in [6, 6.07) is 7.48. The molecule has 2 N–H and O–H groups in total. The third-order valence-electron chi connectivity index (χ3n) is 4.61. The lowest BCUT2D eigenvalue weighted by Gasteiger charge is -2.29. The SMILES string of the molecule is CC1(C)Cc2[nH]ncc2CN(C(=O)Nc2cc(-c3ccccc3F)on2)C1. The molecule has 140 valence electrons. The van der Waals surface area contributed by atoms with Crippen LogP contribution in [0.1, 0.15) is 25.1 Å². The van der Waals surface area contributed by atoms with Gasteiger partial charge >= 0.3 is 6.03 Å². The molecular weight excluding hydrogens is 349 g/mol. The highest BCUT2D eigenvalue weighted by Gasteiger charge is 2.31. The predicted octanol–water partition coefficient (Wildman–Crippen LogP) is 3.82. The fourth-order valence-corrected chi connectivity index (χ4v) is 3.39. The van der Waals surface area contributed by atoms with E-state index in [1.54, 1.807) is 29.3 Å². The lowest BCUT2D eigenvalue weighted by molar-refractivity contribution is 0.180. The number of nitrogens with zero attached hydrogens (tertiary/aromatic N) is 3. The second-order valence-corrected chi connectivity index (χ2v) is 7.56. The van der Waals surface area contributed by atoms with Crippen molar-refractivity contribution < 1.29 is 13.7 Å². The van der Waals surface area contributed by atoms with E-state index < -0.39 is 5.82 Å². The van der Waals surface area contributed by atoms with Crippen molar-refractivity contribution in [3.63, 3.8) is 0 Å². The Morgan fingerprint density at radius 3 is 3.00 bits per heavy atom. The maximum absolute atomic E-state index is 13.9. The zero-order chi connectivity index (χ0) is 19.0. The van der Waals surface area contributed by atoms with Gasteiger partial charge in [-0.05, 0) is 24.0 Å². The molecule has 4 rings (SSSR count). The molecule has 0 atom stereocenters. The molecule has 3 aromatic rings. The zero-order valence-corrected chi connectivity index (χ0v) is 15.1. The number of aromatic amines is 1. The van der Waals surface area contributed by atoms with Gasteiger partial charge in [0, 0.05) is 23.9 Å². The normalized spacial score (nSPS) is 15.9. The first-order valence-electron chi connectivity index (χ1n) is 8.70. The second kappa shape index (κ2) is 6.53. The molecule has 0 unspecified atom stereocenters. The quantitative estimate of drug-likeness (QED) is 0.719. The van der Waals surface area contributed by atoms with Gasteiger partial charge in [0.2, 0.25) is 0 Å². The number of nitrogens with one attached hydrogen (secondary N) is 2. The number of carbonyl (C=O) groups excluding carboxylic acids is 1. The molecule has 1 aliphatic heterocycles. The summed E-state index contributed by atoms with van der Waals surface area (Å²) in [4.78, 5) is 14.5. The minimum Gasteiger partial charge on any atom is -0.354 e. The number of urea groups is 1. The Kier molecular flexibility index (Phi) is 4.18. The van der Waals surface area contributed by atoms with Gasteiger partial charge in [0.25, 0.3) is 0 Å². The van der Waals surface area contributed by atoms with E-state index in [0.717, 1.165) is 17.7 Å². The lowest BCUT2D eigenvalue weighted by Crippen LogP contribution is -2.40. The summed E-state index contributed by atoms with van der Waals surface area (Å²) in [5, 5.41) is 13.7. The van der Waals surface area contributed by atoms with Crippen molar-refractivity contribution in [2.45, 2.75) is 26.8 Å². The summed E-state index contributed by atoms with van der Waals surface area (Å²) in [7, 11) is 0. The van der Waals surface area contributed by atoms with Gasteiger partial charge in [0.15, 0.2) is 11.6 Å². The molecule has 0 aliphatic carbocycles. The Bertz CT molecular complexity index is 978. The number of benzene rings is 1. The molecule has 2 amide bonds. The van der Waals surface area contributed by atoms with E-state index in [9.17, 15) is 9.18 Å². The van der Waals surface area contributed by atoms with Crippen molar-refractivity contribution in [1.82, 2.24) is 20.3 Å². The average molecular weight is 369 g/mol. The van der Waals surface area contributed by atoms with Crippen LogP contribution in [-0.4, -0.2) is 32.8 Å². The van der Waals surface area contributed by atoms with Crippen molar-refractivity contribution in [2.75, 3.05) is 11.9 Å². The highest BCUT2D eigenvalue weighted by Crippen LogP contribution is 2.30. The molecule has 3 heterocycles. The van der Waals surface area contributed by atoms with Crippen LogP contribution in [0.25, 0.3) is 11.3 Å². The van der Waals surface area contributed by atoms with Crippen LogP contribution in [0.4, 0.5) is 15.0 Å². The fourth-order valence-electron chi connectivity index (χ4n) is 3.39. The maximum Gasteiger partial charge on any atom is 0.323 e. The van der Waals surface area contributed by atoms with E-state index in [1.165, 1.54) is 12.1 Å². The number of fused-ring (bicyclic) bond motifs is 1. The second-order valence-electron chi connectivity index (χ2n) is 7.56. The fraction of sp³-hybridized carbons (Fsp3) is 0.316. The molecule has 27 heavy (non-hydrogen) atoms. The minimum absolute atomic E-state index is 0.0999. The average Bonchev–Trinajstić information content (AvgIpc) is 3.21. The van der Waals surface area contributed by atoms with E-state index in [0.29, 0.717) is 18.7 Å². The van der Waals surface area contributed by atoms with Crippen LogP contribution in [0, 0.1) is 11.2 Å². The number of rotatable bonds is 2. The van der Waals surface area contributed by atoms with E-state index in [2.05, 4.69) is 34.5 Å². The summed E-state index contributed by atoms with van der Waals surface area (Å²) < 4.78 is 19.1. The van der Waals surface area contributed by atoms with Crippen molar-refractivity contribution in [2.24, 2.45) is 5.41 Å². The van der Waals surface area contributed by atoms with Crippen LogP contribution >= 0.6 is 0 Å². The van der Waals surface area contributed by atoms with Crippen LogP contribution in [-0.2, 0) is 13.0 Å². The van der Waals surface area contributed by atoms with Crippen LogP contribution in [0.5, 0.6) is 0 Å². The number of halogens is 1. The van der Waals surface area contributed by atoms with Crippen molar-refractivity contribution in [3.8, 4) is 11.3 Å². The summed E-state index contributed by atoms with van der Waals surface area (Å²) in [6.07, 6.45) is 2.57. The monoisotopic (exact) mass is 369 g/mol. The summed E-state index contributed by atoms with van der Waals surface area (Å²) in [5.41, 5.74) is 2.25. The first-order chi connectivity index (χ1) is 12.9. The molecule has 1 aromatic carbocycles. The Labute approximate surface area is 155 Å². The summed E-state index contributed by atoms with van der Waals surface area (Å²) in [6.45, 7) is 5.25. The molecule has 0 saturated carbocycles. The molecule has 0 spiro atoms. The zero-order valence-electron chi connectivity index (χ0n) is 15.1. The van der Waals surface area contributed by atoms with E-state index in [4.69, 9.17) is 4.52 Å². The summed E-state index contributed by atoms with van der Waals surface area (Å²) >= 11 is 0. The third kappa shape index (κ3) is 3.55. The van der Waals surface area contributed by atoms with Gasteiger partial charge in [0.05, 0.1) is 18.3 Å². The molecule has 7 nitrogen and oxygen atoms in total. The van der Waals surface area contributed by atoms with Crippen LogP contribution in [0.3, 0.4) is 0 Å². The molecule has 2 aromatic heterocycles. The van der Waals surface area contributed by atoms with Crippen molar-refractivity contribution in [3.05, 3.63) is 53.6 Å². The van der Waals surface area contributed by atoms with Gasteiger partial charge in [0.1, 0.15) is 5.82 Å². The summed E-state index contributed by atoms with van der Waals surface area (Å²) in [5.74, 6) is 0.0951. The molecule has 8 heteroatoms. The van der Waals surface area contributed by atoms with Gasteiger partial charge in [-0.25, -0.2) is 9.18 Å². The highest BCUT2D eigenvalue weighted by atomic mass is 19.1. The number of amides is 2. The maximum atomic E-state index is 13.9. The van der Waals surface area contributed by atoms with Gasteiger partial charge in [-0.1, -0.05) is 31.1 Å². The first-order valence-corrected chi connectivity index (χ1v) is 8.70. The van der Waals surface area contributed by atoms with Gasteiger partial charge in [-0.15, -0.1) is 0 Å². The van der Waals surface area contributed by atoms with E-state index in [-0.39, 0.29) is 23.0 Å². The van der Waals surface area contributed by atoms with E-state index >= 15 is 0 Å². The van der Waals surface area contributed by atoms with Crippen LogP contribution in [0.2, 0.25) is 0 Å². The Balaban J connectivity index is 1.52. The largest absolute Gasteiger partial charge is 0.354 e. The number of anilines is 1. The van der Waals surface area contributed by atoms with Gasteiger partial charge in [-0.2, -0.15) is 5.10 Å². The van der Waals surface area contributed by atoms with E-state index in [1.807, 2.05) is 0 Å². The Morgan fingerprint density at radius 1 is 1.37 bits per heavy atom. The molecule has 1 aliphatic rings. The smallest absolute Gasteiger partial charge is 0.323 e. The van der Waals surface area contributed by atoms with Crippen molar-refractivity contribution in [1.29, 1.82) is 0 Å². The predicted molar refractivity (Wildman–Crippen MR) is 97.4 cm³/mol. The van der Waals surface area contributed by atoms with Crippen LogP contribution in [0.15, 0.2) is 41.1 Å². The molecule has 0 bridgehead atoms. The van der Waals surface area contributed by atoms with Gasteiger partial charge in [-0.3, -0.25) is 10.4 Å².